The lowest BCUT2D eigenvalue weighted by molar-refractivity contribution is -0.421. The number of carbonyl (C=O) groups is 1. The highest BCUT2D eigenvalue weighted by atomic mass is 16.6. The van der Waals surface area contributed by atoms with Crippen LogP contribution < -0.4 is 10.2 Å². The molecule has 15 heavy (non-hydrogen) atoms. The summed E-state index contributed by atoms with van der Waals surface area (Å²) in [6.07, 6.45) is 0. The Labute approximate surface area is 87.7 Å². The van der Waals surface area contributed by atoms with Crippen LogP contribution in [0.1, 0.15) is 1.43 Å². The van der Waals surface area contributed by atoms with Gasteiger partial charge in [0.05, 0.1) is 0 Å². The third-order valence-electron chi connectivity index (χ3n) is 0.129. The lowest BCUT2D eigenvalue weighted by Crippen LogP contribution is -2.01. The molecular formula is C5H18O10-4. The Balaban J connectivity index is -0.0000000128. The van der Waals surface area contributed by atoms with E-state index >= 15 is 0 Å². The summed E-state index contributed by atoms with van der Waals surface area (Å²) in [5.74, 6) is 0. The summed E-state index contributed by atoms with van der Waals surface area (Å²) in [7, 11) is 1.43. The van der Waals surface area contributed by atoms with Crippen LogP contribution in [-0.4, -0.2) is 65.3 Å². The minimum Gasteiger partial charge on any atom is -0.870 e. The van der Waals surface area contributed by atoms with Gasteiger partial charge in [0, 0.05) is 15.0 Å². The number of hydrogen-bond acceptors (Lipinski definition) is 10. The van der Waals surface area contributed by atoms with Gasteiger partial charge in [0.2, 0.25) is 0 Å². The predicted octanol–water partition coefficient (Wildman–Crippen LogP) is -4.93. The number of aliphatic hydroxyl groups excluding tert-OH is 3. The summed E-state index contributed by atoms with van der Waals surface area (Å²) in [5.41, 5.74) is 0. The van der Waals surface area contributed by atoms with Crippen LogP contribution in [0.3, 0.4) is 0 Å². The van der Waals surface area contributed by atoms with Crippen LogP contribution in [0.25, 0.3) is 0 Å². The Bertz CT molecular complexity index is 52.5. The van der Waals surface area contributed by atoms with Crippen molar-refractivity contribution in [2.24, 2.45) is 0 Å². The van der Waals surface area contributed by atoms with E-state index < -0.39 is 20.1 Å². The Morgan fingerprint density at radius 2 is 1.33 bits per heavy atom. The number of ether oxygens (including phenoxy) is 1. The summed E-state index contributed by atoms with van der Waals surface area (Å²) >= 11 is 0. The number of rotatable bonds is 1. The number of methoxy groups -OCH3 is 1. The average Bonchev–Trinajstić information content (AvgIpc) is 2.08. The molecule has 0 aromatic carbocycles. The lowest BCUT2D eigenvalue weighted by atomic mass is 11.4. The molecule has 0 saturated carbocycles. The highest BCUT2D eigenvalue weighted by molar-refractivity contribution is 5.29. The van der Waals surface area contributed by atoms with Crippen molar-refractivity contribution in [2.45, 2.75) is 0 Å². The first kappa shape index (κ1) is 36.8. The van der Waals surface area contributed by atoms with Crippen LogP contribution in [0.2, 0.25) is 0 Å². The van der Waals surface area contributed by atoms with Gasteiger partial charge in [-0.25, -0.2) is 0 Å². The normalized spacial score (nSPS) is 5.20. The minimum absolute atomic E-state index is 0. The second-order valence-corrected chi connectivity index (χ2v) is 0.785. The molecule has 0 aromatic rings. The largest absolute Gasteiger partial charge is 0.870 e. The molecule has 0 heterocycles. The maximum absolute atomic E-state index is 8.49. The van der Waals surface area contributed by atoms with Gasteiger partial charge in [0.15, 0.2) is 0 Å². The van der Waals surface area contributed by atoms with Gasteiger partial charge < -0.3 is 51.1 Å². The minimum atomic E-state index is -1.00. The van der Waals surface area contributed by atoms with Gasteiger partial charge in [0.1, 0.15) is 13.6 Å². The first-order valence-corrected chi connectivity index (χ1v) is 2.72. The zero-order valence-electron chi connectivity index (χ0n) is 8.01. The van der Waals surface area contributed by atoms with E-state index in [-0.39, 0.29) is 19.2 Å². The fraction of sp³-hybridized carbons (Fsp3) is 0.800. The van der Waals surface area contributed by atoms with E-state index in [0.717, 1.165) is 0 Å². The highest BCUT2D eigenvalue weighted by Gasteiger charge is 1.51. The van der Waals surface area contributed by atoms with Crippen molar-refractivity contribution in [1.29, 1.82) is 0 Å². The van der Waals surface area contributed by atoms with E-state index in [0.29, 0.717) is 0 Å². The maximum atomic E-state index is 8.49. The standard InChI is InChI=1S/C2H6O2.CH4O2.CH3O2.CH2O2.2H2O.H2/c1-4-2-3;3*2-1-3;;;/h3H,2H2,1H3;2-3H,1H2;2H,1H2;1H,(H,2,3);2*1H2;1H/q;;-1;;;;/p-3. The molecule has 0 aliphatic rings. The molecule has 0 rings (SSSR count). The van der Waals surface area contributed by atoms with Crippen LogP contribution in [0.15, 0.2) is 0 Å². The molecule has 102 valence electrons. The first-order chi connectivity index (χ1) is 6.16. The van der Waals surface area contributed by atoms with Gasteiger partial charge in [0.25, 0.3) is 0 Å². The van der Waals surface area contributed by atoms with Crippen molar-refractivity contribution in [2.75, 3.05) is 27.5 Å². The van der Waals surface area contributed by atoms with Gasteiger partial charge in [-0.05, 0) is 6.79 Å². The van der Waals surface area contributed by atoms with Crippen LogP contribution >= 0.6 is 0 Å². The molecule has 0 atom stereocenters. The molecule has 6 N–H and O–H groups in total. The second kappa shape index (κ2) is 113. The van der Waals surface area contributed by atoms with E-state index in [1.54, 1.807) is 0 Å². The number of aliphatic hydroxyl groups is 4. The predicted molar refractivity (Wildman–Crippen MR) is 42.5 cm³/mol. The fourth-order valence-electron chi connectivity index (χ4n) is 0. The summed E-state index contributed by atoms with van der Waals surface area (Å²) in [4.78, 5) is 8.25. The highest BCUT2D eigenvalue weighted by Crippen LogP contribution is 1.46. The van der Waals surface area contributed by atoms with E-state index in [2.05, 4.69) is 4.74 Å². The molecule has 0 aliphatic carbocycles. The topological polar surface area (TPSA) is 213 Å². The Kier molecular flexibility index (Phi) is 277. The SMILES string of the molecule is COCO.O=C[O-].OCO.[HH].[O-]CO.[OH-].[OH-]. The third-order valence-corrected chi connectivity index (χ3v) is 0.129. The van der Waals surface area contributed by atoms with Crippen LogP contribution in [0.4, 0.5) is 0 Å². The van der Waals surface area contributed by atoms with E-state index in [1.165, 1.54) is 7.11 Å². The Morgan fingerprint density at radius 3 is 1.33 bits per heavy atom. The van der Waals surface area contributed by atoms with Gasteiger partial charge in [-0.2, -0.15) is 0 Å². The molecule has 10 heteroatoms. The summed E-state index contributed by atoms with van der Waals surface area (Å²) in [6.45, 7) is -2.43. The molecule has 0 spiro atoms. The van der Waals surface area contributed by atoms with Gasteiger partial charge in [-0.3, -0.25) is 0 Å². The summed E-state index contributed by atoms with van der Waals surface area (Å²) < 4.78 is 4.10. The third kappa shape index (κ3) is 72700. The molecule has 0 radical (unpaired) electrons. The molecule has 0 amide bonds. The van der Waals surface area contributed by atoms with Crippen LogP contribution in [0, 0.1) is 0 Å². The van der Waals surface area contributed by atoms with Crippen LogP contribution in [-0.2, 0) is 9.53 Å². The van der Waals surface area contributed by atoms with Crippen molar-refractivity contribution >= 4 is 6.47 Å². The zero-order chi connectivity index (χ0) is 11.5. The second-order valence-electron chi connectivity index (χ2n) is 0.785. The molecular weight excluding hydrogens is 220 g/mol. The van der Waals surface area contributed by atoms with Gasteiger partial charge in [-0.1, -0.05) is 0 Å². The quantitative estimate of drug-likeness (QED) is 0.252. The first-order valence-electron chi connectivity index (χ1n) is 2.72. The summed E-state index contributed by atoms with van der Waals surface area (Å²) in [6, 6.07) is 0. The Hall–Kier alpha value is -0.850. The number of hydrogen-bond donors (Lipinski definition) is 4. The van der Waals surface area contributed by atoms with Crippen molar-refractivity contribution in [1.82, 2.24) is 0 Å². The number of carboxylic acid groups (broad SMARTS) is 1. The molecule has 0 unspecified atom stereocenters. The molecule has 0 bridgehead atoms. The van der Waals surface area contributed by atoms with Crippen molar-refractivity contribution in [3.05, 3.63) is 0 Å². The molecule has 0 aromatic heterocycles. The van der Waals surface area contributed by atoms with E-state index in [1.807, 2.05) is 0 Å². The van der Waals surface area contributed by atoms with Crippen LogP contribution in [0.5, 0.6) is 0 Å². The van der Waals surface area contributed by atoms with E-state index in [9.17, 15) is 0 Å². The smallest absolute Gasteiger partial charge is 0.143 e. The summed E-state index contributed by atoms with van der Waals surface area (Å²) in [5, 5.41) is 45.7. The molecule has 0 fully saturated rings. The van der Waals surface area contributed by atoms with Gasteiger partial charge in [-0.15, -0.1) is 0 Å². The maximum Gasteiger partial charge on any atom is 0.143 e. The molecule has 0 aliphatic heterocycles. The Morgan fingerprint density at radius 1 is 1.27 bits per heavy atom. The van der Waals surface area contributed by atoms with E-state index in [4.69, 9.17) is 35.4 Å². The zero-order valence-corrected chi connectivity index (χ0v) is 8.01. The average molecular weight is 238 g/mol. The monoisotopic (exact) mass is 238 g/mol. The molecule has 0 saturated heterocycles. The number of carbonyl (C=O) groups excluding carboxylic acids is 1. The fourth-order valence-corrected chi connectivity index (χ4v) is 0. The van der Waals surface area contributed by atoms with Crippen molar-refractivity contribution in [3.63, 3.8) is 0 Å². The molecule has 10 nitrogen and oxygen atoms in total. The van der Waals surface area contributed by atoms with Gasteiger partial charge >= 0.3 is 0 Å². The van der Waals surface area contributed by atoms with Crippen molar-refractivity contribution < 1.29 is 52.5 Å². The lowest BCUT2D eigenvalue weighted by Gasteiger charge is -1.80. The van der Waals surface area contributed by atoms with Crippen molar-refractivity contribution in [3.8, 4) is 0 Å².